The van der Waals surface area contributed by atoms with Crippen LogP contribution in [0, 0.1) is 5.92 Å². The summed E-state index contributed by atoms with van der Waals surface area (Å²) in [7, 11) is 0. The summed E-state index contributed by atoms with van der Waals surface area (Å²) < 4.78 is 0. The molecule has 3 heterocycles. The average Bonchev–Trinajstić information content (AvgIpc) is 3.25. The highest BCUT2D eigenvalue weighted by atomic mass is 32.1. The average molecular weight is 333 g/mol. The Morgan fingerprint density at radius 3 is 2.78 bits per heavy atom. The molecule has 1 amide bonds. The van der Waals surface area contributed by atoms with Crippen LogP contribution < -0.4 is 0 Å². The van der Waals surface area contributed by atoms with Crippen LogP contribution in [0.4, 0.5) is 0 Å². The quantitative estimate of drug-likeness (QED) is 0.833. The summed E-state index contributed by atoms with van der Waals surface area (Å²) in [6, 6.07) is 3.25. The Morgan fingerprint density at radius 1 is 1.09 bits per heavy atom. The molecule has 23 heavy (non-hydrogen) atoms. The number of carbonyl (C=O) groups excluding carboxylic acids is 1. The first-order chi connectivity index (χ1) is 11.3. The van der Waals surface area contributed by atoms with Gasteiger partial charge in [-0.1, -0.05) is 12.8 Å². The van der Waals surface area contributed by atoms with Gasteiger partial charge in [0.15, 0.2) is 0 Å². The van der Waals surface area contributed by atoms with Gasteiger partial charge >= 0.3 is 0 Å². The van der Waals surface area contributed by atoms with Gasteiger partial charge in [-0.05, 0) is 73.4 Å². The smallest absolute Gasteiger partial charge is 0.237 e. The molecule has 3 fully saturated rings. The lowest BCUT2D eigenvalue weighted by Gasteiger charge is -2.44. The van der Waals surface area contributed by atoms with E-state index in [1.807, 2.05) is 0 Å². The molecule has 1 aromatic heterocycles. The molecule has 0 bridgehead atoms. The fourth-order valence-corrected chi connectivity index (χ4v) is 5.76. The van der Waals surface area contributed by atoms with Crippen molar-refractivity contribution < 1.29 is 4.79 Å². The van der Waals surface area contributed by atoms with E-state index in [9.17, 15) is 4.79 Å². The van der Waals surface area contributed by atoms with E-state index in [-0.39, 0.29) is 0 Å². The lowest BCUT2D eigenvalue weighted by Crippen LogP contribution is -2.52. The van der Waals surface area contributed by atoms with Gasteiger partial charge in [0.25, 0.3) is 0 Å². The number of nitrogens with zero attached hydrogens (tertiary/aromatic N) is 2. The molecule has 0 spiro atoms. The Kier molecular flexibility index (Phi) is 4.72. The second-order valence-corrected chi connectivity index (χ2v) is 8.31. The topological polar surface area (TPSA) is 23.6 Å². The van der Waals surface area contributed by atoms with Crippen molar-refractivity contribution in [2.45, 2.75) is 63.5 Å². The Bertz CT molecular complexity index is 527. The van der Waals surface area contributed by atoms with Crippen LogP contribution in [0.15, 0.2) is 16.8 Å². The molecule has 126 valence electrons. The molecule has 1 aliphatic carbocycles. The minimum atomic E-state index is 0.392. The van der Waals surface area contributed by atoms with Gasteiger partial charge in [-0.25, -0.2) is 0 Å². The van der Waals surface area contributed by atoms with E-state index < -0.39 is 0 Å². The normalized spacial score (nSPS) is 32.0. The highest BCUT2D eigenvalue weighted by Crippen LogP contribution is 2.36. The number of amides is 1. The predicted molar refractivity (Wildman–Crippen MR) is 94.6 cm³/mol. The number of carbonyl (C=O) groups is 1. The molecule has 0 N–H and O–H groups in total. The van der Waals surface area contributed by atoms with Gasteiger partial charge in [0.1, 0.15) is 0 Å². The van der Waals surface area contributed by atoms with Crippen LogP contribution in [0.25, 0.3) is 0 Å². The molecular weight excluding hydrogens is 304 g/mol. The Labute approximate surface area is 143 Å². The van der Waals surface area contributed by atoms with Crippen molar-refractivity contribution in [3.63, 3.8) is 0 Å². The highest BCUT2D eigenvalue weighted by molar-refractivity contribution is 7.07. The molecule has 3 atom stereocenters. The molecule has 0 aromatic carbocycles. The van der Waals surface area contributed by atoms with Gasteiger partial charge in [0.2, 0.25) is 5.91 Å². The number of rotatable bonds is 3. The van der Waals surface area contributed by atoms with E-state index >= 15 is 0 Å². The summed E-state index contributed by atoms with van der Waals surface area (Å²) in [6.07, 6.45) is 10.2. The molecule has 3 nitrogen and oxygen atoms in total. The second kappa shape index (κ2) is 6.94. The Hall–Kier alpha value is -0.870. The predicted octanol–water partition coefficient (Wildman–Crippen LogP) is 4.07. The Balaban J connectivity index is 1.42. The lowest BCUT2D eigenvalue weighted by atomic mass is 9.78. The highest BCUT2D eigenvalue weighted by Gasteiger charge is 2.37. The molecular formula is C19H28N2OS. The van der Waals surface area contributed by atoms with Crippen molar-refractivity contribution in [2.75, 3.05) is 19.6 Å². The van der Waals surface area contributed by atoms with Crippen LogP contribution in [0.3, 0.4) is 0 Å². The summed E-state index contributed by atoms with van der Waals surface area (Å²) in [6.45, 7) is 2.70. The molecule has 4 rings (SSSR count). The molecule has 3 aliphatic rings. The second-order valence-electron chi connectivity index (χ2n) is 7.53. The summed E-state index contributed by atoms with van der Waals surface area (Å²) in [5.74, 6) is 1.18. The van der Waals surface area contributed by atoms with E-state index in [2.05, 4.69) is 26.6 Å². The van der Waals surface area contributed by atoms with Crippen LogP contribution in [0.2, 0.25) is 0 Å². The minimum absolute atomic E-state index is 0.392. The molecule has 2 saturated heterocycles. The van der Waals surface area contributed by atoms with Gasteiger partial charge in [-0.3, -0.25) is 9.69 Å². The van der Waals surface area contributed by atoms with E-state index in [0.717, 1.165) is 19.0 Å². The summed E-state index contributed by atoms with van der Waals surface area (Å²) in [5.41, 5.74) is 1.41. The maximum atomic E-state index is 13.0. The van der Waals surface area contributed by atoms with Gasteiger partial charge in [0, 0.05) is 18.6 Å². The standard InChI is InChI=1S/C19H28N2OS/c22-19(21-11-3-6-15-5-1-2-7-18(15)21)13-20-10-4-8-17(20)16-9-12-23-14-16/h9,12,14-15,17-18H,1-8,10-11,13H2/t15-,17+,18+/m0/s1. The molecule has 0 radical (unpaired) electrons. The molecule has 1 aromatic rings. The first-order valence-electron chi connectivity index (χ1n) is 9.38. The number of fused-ring (bicyclic) bond motifs is 1. The minimum Gasteiger partial charge on any atom is -0.338 e. The number of piperidine rings is 1. The van der Waals surface area contributed by atoms with Crippen molar-refractivity contribution in [1.29, 1.82) is 0 Å². The first kappa shape index (κ1) is 15.6. The van der Waals surface area contributed by atoms with Crippen LogP contribution in [-0.2, 0) is 4.79 Å². The van der Waals surface area contributed by atoms with Crippen molar-refractivity contribution in [3.8, 4) is 0 Å². The summed E-state index contributed by atoms with van der Waals surface area (Å²) in [4.78, 5) is 17.7. The molecule has 0 unspecified atom stereocenters. The van der Waals surface area contributed by atoms with Crippen LogP contribution in [0.5, 0.6) is 0 Å². The number of hydrogen-bond acceptors (Lipinski definition) is 3. The number of likely N-dealkylation sites (tertiary alicyclic amines) is 2. The van der Waals surface area contributed by atoms with E-state index in [1.54, 1.807) is 11.3 Å². The lowest BCUT2D eigenvalue weighted by molar-refractivity contribution is -0.139. The van der Waals surface area contributed by atoms with Gasteiger partial charge < -0.3 is 4.90 Å². The largest absolute Gasteiger partial charge is 0.338 e. The zero-order chi connectivity index (χ0) is 15.6. The van der Waals surface area contributed by atoms with E-state index in [4.69, 9.17) is 0 Å². The fraction of sp³-hybridized carbons (Fsp3) is 0.737. The van der Waals surface area contributed by atoms with E-state index in [1.165, 1.54) is 56.9 Å². The van der Waals surface area contributed by atoms with Crippen molar-refractivity contribution >= 4 is 17.2 Å². The molecule has 4 heteroatoms. The van der Waals surface area contributed by atoms with E-state index in [0.29, 0.717) is 24.5 Å². The van der Waals surface area contributed by atoms with Crippen molar-refractivity contribution in [3.05, 3.63) is 22.4 Å². The first-order valence-corrected chi connectivity index (χ1v) is 10.3. The number of thiophene rings is 1. The van der Waals surface area contributed by atoms with Crippen LogP contribution >= 0.6 is 11.3 Å². The van der Waals surface area contributed by atoms with Gasteiger partial charge in [0.05, 0.1) is 6.54 Å². The third-order valence-electron chi connectivity index (χ3n) is 6.19. The third-order valence-corrected chi connectivity index (χ3v) is 6.89. The monoisotopic (exact) mass is 332 g/mol. The molecule has 1 saturated carbocycles. The zero-order valence-corrected chi connectivity index (χ0v) is 14.8. The maximum Gasteiger partial charge on any atom is 0.237 e. The van der Waals surface area contributed by atoms with Crippen molar-refractivity contribution in [1.82, 2.24) is 9.80 Å². The third kappa shape index (κ3) is 3.20. The summed E-state index contributed by atoms with van der Waals surface area (Å²) in [5, 5.41) is 4.41. The van der Waals surface area contributed by atoms with Gasteiger partial charge in [-0.2, -0.15) is 11.3 Å². The maximum absolute atomic E-state index is 13.0. The number of hydrogen-bond donors (Lipinski definition) is 0. The SMILES string of the molecule is O=C(CN1CCC[C@@H]1c1ccsc1)N1CCC[C@@H]2CCCC[C@H]21. The summed E-state index contributed by atoms with van der Waals surface area (Å²) >= 11 is 1.77. The molecule has 2 aliphatic heterocycles. The zero-order valence-electron chi connectivity index (χ0n) is 14.0. The Morgan fingerprint density at radius 2 is 1.91 bits per heavy atom. The fourth-order valence-electron chi connectivity index (χ4n) is 5.06. The van der Waals surface area contributed by atoms with Crippen LogP contribution in [-0.4, -0.2) is 41.4 Å². The van der Waals surface area contributed by atoms with Crippen LogP contribution in [0.1, 0.15) is 63.0 Å². The van der Waals surface area contributed by atoms with Crippen molar-refractivity contribution in [2.24, 2.45) is 5.92 Å². The van der Waals surface area contributed by atoms with Gasteiger partial charge in [-0.15, -0.1) is 0 Å².